The third-order valence-corrected chi connectivity index (χ3v) is 4.89. The molecule has 0 aromatic heterocycles. The number of hydrogen-bond donors (Lipinski definition) is 1. The van der Waals surface area contributed by atoms with E-state index in [0.717, 1.165) is 35.9 Å². The quantitative estimate of drug-likeness (QED) is 0.640. The Morgan fingerprint density at radius 1 is 1.24 bits per heavy atom. The van der Waals surface area contributed by atoms with E-state index in [1.165, 1.54) is 41.9 Å². The van der Waals surface area contributed by atoms with Crippen LogP contribution >= 0.6 is 0 Å². The number of fused-ring (bicyclic) bond motifs is 1. The molecule has 1 aromatic rings. The number of anilines is 2. The molecular formula is C19H26N2. The third kappa shape index (κ3) is 2.85. The first-order chi connectivity index (χ1) is 9.95. The fourth-order valence-corrected chi connectivity index (χ4v) is 3.53. The van der Waals surface area contributed by atoms with Crippen LogP contribution in [0, 0.1) is 18.8 Å². The van der Waals surface area contributed by atoms with Crippen molar-refractivity contribution in [2.75, 3.05) is 23.7 Å². The molecule has 1 aromatic carbocycles. The molecule has 1 aliphatic carbocycles. The summed E-state index contributed by atoms with van der Waals surface area (Å²) < 4.78 is 0. The van der Waals surface area contributed by atoms with Crippen molar-refractivity contribution in [2.45, 2.75) is 33.1 Å². The summed E-state index contributed by atoms with van der Waals surface area (Å²) in [5.41, 5.74) is 13.3. The molecule has 2 fully saturated rings. The second kappa shape index (κ2) is 5.25. The van der Waals surface area contributed by atoms with E-state index in [-0.39, 0.29) is 0 Å². The molecule has 2 aliphatic rings. The van der Waals surface area contributed by atoms with E-state index in [1.54, 1.807) is 0 Å². The van der Waals surface area contributed by atoms with Crippen LogP contribution in [0.4, 0.5) is 11.4 Å². The van der Waals surface area contributed by atoms with E-state index < -0.39 is 0 Å². The summed E-state index contributed by atoms with van der Waals surface area (Å²) in [6.45, 7) is 14.8. The lowest BCUT2D eigenvalue weighted by Crippen LogP contribution is -2.24. The molecule has 0 radical (unpaired) electrons. The van der Waals surface area contributed by atoms with Crippen LogP contribution in [0.3, 0.4) is 0 Å². The van der Waals surface area contributed by atoms with Crippen molar-refractivity contribution >= 4 is 16.9 Å². The van der Waals surface area contributed by atoms with Crippen molar-refractivity contribution in [2.24, 2.45) is 11.8 Å². The standard InChI is InChI=1S/C19H26N2/c1-12(2)5-6-13(3)15-7-14(4)19(18(20)9-15)21-10-16-8-17(16)11-21/h7,9,16-17H,1,3,5-6,8,10-11,20H2,2,4H3. The molecule has 3 rings (SSSR count). The number of benzene rings is 1. The Kier molecular flexibility index (Phi) is 3.56. The summed E-state index contributed by atoms with van der Waals surface area (Å²) in [7, 11) is 0. The van der Waals surface area contributed by atoms with Crippen LogP contribution in [0.15, 0.2) is 30.9 Å². The SMILES string of the molecule is C=C(C)CCC(=C)c1cc(C)c(N2CC3CC3C2)c(N)c1. The molecule has 0 bridgehead atoms. The number of nitrogens with zero attached hydrogens (tertiary/aromatic N) is 1. The number of piperidine rings is 1. The predicted molar refractivity (Wildman–Crippen MR) is 92.5 cm³/mol. The largest absolute Gasteiger partial charge is 0.397 e. The van der Waals surface area contributed by atoms with Crippen LogP contribution in [0.1, 0.15) is 37.3 Å². The summed E-state index contributed by atoms with van der Waals surface area (Å²) in [6, 6.07) is 4.35. The Bertz CT molecular complexity index is 567. The number of nitrogen functional groups attached to an aromatic ring is 1. The Morgan fingerprint density at radius 3 is 2.48 bits per heavy atom. The average molecular weight is 282 g/mol. The summed E-state index contributed by atoms with van der Waals surface area (Å²) in [4.78, 5) is 2.48. The maximum atomic E-state index is 6.36. The Labute approximate surface area is 128 Å². The minimum absolute atomic E-state index is 0.905. The number of allylic oxidation sites excluding steroid dienone is 2. The van der Waals surface area contributed by atoms with E-state index in [2.05, 4.69) is 44.0 Å². The van der Waals surface area contributed by atoms with Gasteiger partial charge in [-0.05, 0) is 73.8 Å². The molecule has 112 valence electrons. The minimum atomic E-state index is 0.905. The first-order valence-corrected chi connectivity index (χ1v) is 7.93. The monoisotopic (exact) mass is 282 g/mol. The summed E-state index contributed by atoms with van der Waals surface area (Å²) in [5, 5.41) is 0. The van der Waals surface area contributed by atoms with Gasteiger partial charge in [-0.2, -0.15) is 0 Å². The number of nitrogens with two attached hydrogens (primary N) is 1. The fraction of sp³-hybridized carbons (Fsp3) is 0.474. The van der Waals surface area contributed by atoms with Gasteiger partial charge in [0.2, 0.25) is 0 Å². The lowest BCUT2D eigenvalue weighted by Gasteiger charge is -2.25. The molecule has 2 atom stereocenters. The maximum Gasteiger partial charge on any atom is 0.0630 e. The van der Waals surface area contributed by atoms with Gasteiger partial charge in [0.1, 0.15) is 0 Å². The highest BCUT2D eigenvalue weighted by Gasteiger charge is 2.45. The molecular weight excluding hydrogens is 256 g/mol. The van der Waals surface area contributed by atoms with Crippen LogP contribution in [0.25, 0.3) is 5.57 Å². The summed E-state index contributed by atoms with van der Waals surface area (Å²) >= 11 is 0. The molecule has 1 aliphatic heterocycles. The van der Waals surface area contributed by atoms with Crippen LogP contribution < -0.4 is 10.6 Å². The van der Waals surface area contributed by atoms with E-state index in [9.17, 15) is 0 Å². The van der Waals surface area contributed by atoms with Crippen LogP contribution in [0.2, 0.25) is 0 Å². The Morgan fingerprint density at radius 2 is 1.90 bits per heavy atom. The molecule has 0 amide bonds. The number of aryl methyl sites for hydroxylation is 1. The summed E-state index contributed by atoms with van der Waals surface area (Å²) in [5.74, 6) is 1.85. The van der Waals surface area contributed by atoms with E-state index in [1.807, 2.05) is 0 Å². The molecule has 0 spiro atoms. The highest BCUT2D eigenvalue weighted by atomic mass is 15.2. The smallest absolute Gasteiger partial charge is 0.0630 e. The fourth-order valence-electron chi connectivity index (χ4n) is 3.53. The van der Waals surface area contributed by atoms with Crippen molar-refractivity contribution in [1.82, 2.24) is 0 Å². The van der Waals surface area contributed by atoms with Crippen LogP contribution in [-0.2, 0) is 0 Å². The first kappa shape index (κ1) is 14.2. The zero-order valence-corrected chi connectivity index (χ0v) is 13.3. The molecule has 1 saturated heterocycles. The van der Waals surface area contributed by atoms with Gasteiger partial charge in [0.15, 0.2) is 0 Å². The van der Waals surface area contributed by atoms with Crippen molar-refractivity contribution in [3.63, 3.8) is 0 Å². The molecule has 2 nitrogen and oxygen atoms in total. The molecule has 21 heavy (non-hydrogen) atoms. The molecule has 2 N–H and O–H groups in total. The lowest BCUT2D eigenvalue weighted by molar-refractivity contribution is 0.818. The van der Waals surface area contributed by atoms with Gasteiger partial charge in [-0.3, -0.25) is 0 Å². The van der Waals surface area contributed by atoms with Crippen molar-refractivity contribution in [3.05, 3.63) is 42.0 Å². The highest BCUT2D eigenvalue weighted by Crippen LogP contribution is 2.48. The van der Waals surface area contributed by atoms with Gasteiger partial charge in [0.25, 0.3) is 0 Å². The van der Waals surface area contributed by atoms with Gasteiger partial charge in [-0.15, -0.1) is 6.58 Å². The zero-order chi connectivity index (χ0) is 15.1. The van der Waals surface area contributed by atoms with Gasteiger partial charge >= 0.3 is 0 Å². The molecule has 2 unspecified atom stereocenters. The van der Waals surface area contributed by atoms with Crippen molar-refractivity contribution in [1.29, 1.82) is 0 Å². The number of hydrogen-bond acceptors (Lipinski definition) is 2. The molecule has 1 saturated carbocycles. The minimum Gasteiger partial charge on any atom is -0.397 e. The molecule has 2 heteroatoms. The molecule has 1 heterocycles. The topological polar surface area (TPSA) is 29.3 Å². The van der Waals surface area contributed by atoms with Gasteiger partial charge in [0.05, 0.1) is 11.4 Å². The van der Waals surface area contributed by atoms with Gasteiger partial charge in [-0.25, -0.2) is 0 Å². The van der Waals surface area contributed by atoms with Crippen molar-refractivity contribution < 1.29 is 0 Å². The van der Waals surface area contributed by atoms with Crippen molar-refractivity contribution in [3.8, 4) is 0 Å². The second-order valence-electron chi connectivity index (χ2n) is 6.95. The zero-order valence-electron chi connectivity index (χ0n) is 13.3. The predicted octanol–water partition coefficient (Wildman–Crippen LogP) is 4.40. The van der Waals surface area contributed by atoms with Crippen LogP contribution in [0.5, 0.6) is 0 Å². The Hall–Kier alpha value is -1.70. The van der Waals surface area contributed by atoms with Gasteiger partial charge < -0.3 is 10.6 Å². The average Bonchev–Trinajstić information content (AvgIpc) is 3.02. The van der Waals surface area contributed by atoms with Gasteiger partial charge in [0, 0.05) is 13.1 Å². The third-order valence-electron chi connectivity index (χ3n) is 4.89. The van der Waals surface area contributed by atoms with Crippen LogP contribution in [-0.4, -0.2) is 13.1 Å². The highest BCUT2D eigenvalue weighted by molar-refractivity contribution is 5.78. The Balaban J connectivity index is 1.78. The summed E-state index contributed by atoms with van der Waals surface area (Å²) in [6.07, 6.45) is 3.38. The lowest BCUT2D eigenvalue weighted by atomic mass is 9.97. The maximum absolute atomic E-state index is 6.36. The normalized spacial score (nSPS) is 23.0. The van der Waals surface area contributed by atoms with E-state index in [0.29, 0.717) is 0 Å². The first-order valence-electron chi connectivity index (χ1n) is 7.93. The van der Waals surface area contributed by atoms with E-state index >= 15 is 0 Å². The second-order valence-corrected chi connectivity index (χ2v) is 6.95. The van der Waals surface area contributed by atoms with E-state index in [4.69, 9.17) is 5.73 Å². The number of rotatable bonds is 5. The van der Waals surface area contributed by atoms with Gasteiger partial charge in [-0.1, -0.05) is 12.2 Å².